The monoisotopic (exact) mass is 360 g/mol. The number of thiazole rings is 1. The van der Waals surface area contributed by atoms with Gasteiger partial charge in [-0.3, -0.25) is 4.79 Å². The van der Waals surface area contributed by atoms with Gasteiger partial charge < -0.3 is 15.6 Å². The Balaban J connectivity index is 1.96. The number of thiophene rings is 1. The summed E-state index contributed by atoms with van der Waals surface area (Å²) in [6.07, 6.45) is 0.919. The number of primary amides is 1. The molecule has 0 aromatic carbocycles. The number of aryl methyl sites for hydroxylation is 1. The van der Waals surface area contributed by atoms with Crippen LogP contribution in [0.15, 0.2) is 29.0 Å². The van der Waals surface area contributed by atoms with Crippen LogP contribution in [0.25, 0.3) is 11.4 Å². The summed E-state index contributed by atoms with van der Waals surface area (Å²) in [7, 11) is 0. The van der Waals surface area contributed by atoms with Crippen molar-refractivity contribution in [2.45, 2.75) is 26.8 Å². The third-order valence-corrected chi connectivity index (χ3v) is 5.62. The first kappa shape index (κ1) is 16.7. The molecule has 5 nitrogen and oxygen atoms in total. The van der Waals surface area contributed by atoms with Crippen LogP contribution >= 0.6 is 22.7 Å². The molecule has 0 saturated carbocycles. The average molecular weight is 361 g/mol. The van der Waals surface area contributed by atoms with E-state index in [2.05, 4.69) is 32.4 Å². The highest BCUT2D eigenvalue weighted by Gasteiger charge is 2.18. The molecule has 0 spiro atoms. The Morgan fingerprint density at radius 3 is 2.92 bits per heavy atom. The number of nitrogens with two attached hydrogens (primary N) is 1. The fourth-order valence-electron chi connectivity index (χ4n) is 2.70. The minimum Gasteiger partial charge on any atom is -0.366 e. The number of amides is 1. The maximum absolute atomic E-state index is 11.7. The van der Waals surface area contributed by atoms with Crippen molar-refractivity contribution >= 4 is 33.7 Å². The molecule has 0 fully saturated rings. The zero-order chi connectivity index (χ0) is 17.1. The third-order valence-electron chi connectivity index (χ3n) is 3.89. The molecule has 1 amide bonds. The van der Waals surface area contributed by atoms with Gasteiger partial charge in [0, 0.05) is 29.0 Å². The fraction of sp³-hybridized carbons (Fsp3) is 0.294. The van der Waals surface area contributed by atoms with Gasteiger partial charge in [-0.15, -0.1) is 22.7 Å². The first-order chi connectivity index (χ1) is 11.6. The molecule has 3 aromatic heterocycles. The smallest absolute Gasteiger partial charge is 0.250 e. The van der Waals surface area contributed by atoms with Crippen LogP contribution in [0.4, 0.5) is 5.13 Å². The van der Waals surface area contributed by atoms with E-state index in [9.17, 15) is 4.79 Å². The maximum Gasteiger partial charge on any atom is 0.250 e. The van der Waals surface area contributed by atoms with E-state index in [4.69, 9.17) is 5.73 Å². The second kappa shape index (κ2) is 7.19. The number of rotatable bonds is 7. The summed E-state index contributed by atoms with van der Waals surface area (Å²) >= 11 is 3.31. The van der Waals surface area contributed by atoms with Crippen LogP contribution in [0, 0.1) is 6.92 Å². The lowest BCUT2D eigenvalue weighted by atomic mass is 10.2. The number of hydrogen-bond acceptors (Lipinski definition) is 5. The molecule has 0 atom stereocenters. The number of nitrogens with one attached hydrogen (secondary N) is 1. The van der Waals surface area contributed by atoms with Crippen molar-refractivity contribution in [1.29, 1.82) is 0 Å². The normalized spacial score (nSPS) is 10.9. The SMILES string of the molecule is CCNc1nc(-c2cc(C(N)=O)c(C)n2CCc2cccs2)cs1. The van der Waals surface area contributed by atoms with Gasteiger partial charge in [0.2, 0.25) is 0 Å². The average Bonchev–Trinajstić information content (AvgIpc) is 3.26. The molecule has 0 radical (unpaired) electrons. The standard InChI is InChI=1S/C17H20N4OS2/c1-3-19-17-20-14(10-24-17)15-9-13(16(18)22)11(2)21(15)7-6-12-5-4-8-23-12/h4-5,8-10H,3,6-7H2,1-2H3,(H2,18,22)(H,19,20). The Hall–Kier alpha value is -2.12. The molecule has 3 N–H and O–H groups in total. The number of carbonyl (C=O) groups excluding carboxylic acids is 1. The third kappa shape index (κ3) is 3.37. The zero-order valence-electron chi connectivity index (χ0n) is 13.7. The summed E-state index contributed by atoms with van der Waals surface area (Å²) < 4.78 is 2.14. The molecular weight excluding hydrogens is 340 g/mol. The highest BCUT2D eigenvalue weighted by molar-refractivity contribution is 7.14. The van der Waals surface area contributed by atoms with E-state index >= 15 is 0 Å². The van der Waals surface area contributed by atoms with Crippen molar-refractivity contribution in [3.8, 4) is 11.4 Å². The summed E-state index contributed by atoms with van der Waals surface area (Å²) in [4.78, 5) is 17.7. The predicted octanol–water partition coefficient (Wildman–Crippen LogP) is 3.75. The first-order valence-electron chi connectivity index (χ1n) is 7.82. The van der Waals surface area contributed by atoms with E-state index in [-0.39, 0.29) is 0 Å². The Bertz CT molecular complexity index is 833. The Morgan fingerprint density at radius 1 is 1.42 bits per heavy atom. The predicted molar refractivity (Wildman–Crippen MR) is 101 cm³/mol. The maximum atomic E-state index is 11.7. The van der Waals surface area contributed by atoms with E-state index in [0.29, 0.717) is 5.56 Å². The molecule has 0 aliphatic heterocycles. The van der Waals surface area contributed by atoms with E-state index in [1.165, 1.54) is 4.88 Å². The van der Waals surface area contributed by atoms with Crippen LogP contribution in [0.3, 0.4) is 0 Å². The molecule has 0 bridgehead atoms. The van der Waals surface area contributed by atoms with Crippen molar-refractivity contribution in [2.75, 3.05) is 11.9 Å². The van der Waals surface area contributed by atoms with Crippen molar-refractivity contribution in [2.24, 2.45) is 5.73 Å². The van der Waals surface area contributed by atoms with Crippen molar-refractivity contribution in [3.63, 3.8) is 0 Å². The molecule has 0 aliphatic carbocycles. The van der Waals surface area contributed by atoms with Gasteiger partial charge in [0.05, 0.1) is 17.0 Å². The summed E-state index contributed by atoms with van der Waals surface area (Å²) in [5.74, 6) is -0.397. The highest BCUT2D eigenvalue weighted by atomic mass is 32.1. The van der Waals surface area contributed by atoms with Crippen LogP contribution in [0.1, 0.15) is 27.9 Å². The van der Waals surface area contributed by atoms with Crippen LogP contribution in [-0.2, 0) is 13.0 Å². The van der Waals surface area contributed by atoms with Gasteiger partial charge in [0.25, 0.3) is 5.91 Å². The largest absolute Gasteiger partial charge is 0.366 e. The second-order valence-electron chi connectivity index (χ2n) is 5.44. The van der Waals surface area contributed by atoms with Crippen LogP contribution in [0.2, 0.25) is 0 Å². The first-order valence-corrected chi connectivity index (χ1v) is 9.58. The molecule has 7 heteroatoms. The number of nitrogens with zero attached hydrogens (tertiary/aromatic N) is 2. The lowest BCUT2D eigenvalue weighted by molar-refractivity contribution is 0.0999. The Morgan fingerprint density at radius 2 is 2.25 bits per heavy atom. The summed E-state index contributed by atoms with van der Waals surface area (Å²) in [6.45, 7) is 5.61. The zero-order valence-corrected chi connectivity index (χ0v) is 15.3. The van der Waals surface area contributed by atoms with E-state index in [1.807, 2.05) is 25.3 Å². The molecule has 24 heavy (non-hydrogen) atoms. The second-order valence-corrected chi connectivity index (χ2v) is 7.33. The molecule has 0 unspecified atom stereocenters. The van der Waals surface area contributed by atoms with Gasteiger partial charge in [0.1, 0.15) is 0 Å². The molecular formula is C17H20N4OS2. The molecule has 0 saturated heterocycles. The molecule has 0 aliphatic rings. The molecule has 3 rings (SSSR count). The lowest BCUT2D eigenvalue weighted by Crippen LogP contribution is -2.13. The van der Waals surface area contributed by atoms with E-state index in [0.717, 1.165) is 41.7 Å². The summed E-state index contributed by atoms with van der Waals surface area (Å²) in [5, 5.41) is 8.20. The van der Waals surface area contributed by atoms with Crippen LogP contribution in [-0.4, -0.2) is 22.0 Å². The van der Waals surface area contributed by atoms with Gasteiger partial charge in [-0.1, -0.05) is 6.07 Å². The van der Waals surface area contributed by atoms with Gasteiger partial charge in [-0.05, 0) is 37.8 Å². The quantitative estimate of drug-likeness (QED) is 0.674. The minimum absolute atomic E-state index is 0.397. The van der Waals surface area contributed by atoms with Crippen molar-refractivity contribution in [1.82, 2.24) is 9.55 Å². The van der Waals surface area contributed by atoms with Gasteiger partial charge >= 0.3 is 0 Å². The van der Waals surface area contributed by atoms with Crippen LogP contribution < -0.4 is 11.1 Å². The number of anilines is 1. The molecule has 3 aromatic rings. The molecule has 126 valence electrons. The number of hydrogen-bond donors (Lipinski definition) is 2. The van der Waals surface area contributed by atoms with Gasteiger partial charge in [-0.25, -0.2) is 4.98 Å². The molecule has 3 heterocycles. The number of carbonyl (C=O) groups is 1. The minimum atomic E-state index is -0.397. The van der Waals surface area contributed by atoms with E-state index < -0.39 is 5.91 Å². The van der Waals surface area contributed by atoms with Gasteiger partial charge in [-0.2, -0.15) is 0 Å². The summed E-state index contributed by atoms with van der Waals surface area (Å²) in [6, 6.07) is 6.04. The number of aromatic nitrogens is 2. The van der Waals surface area contributed by atoms with Crippen molar-refractivity contribution in [3.05, 3.63) is 45.1 Å². The lowest BCUT2D eigenvalue weighted by Gasteiger charge is -2.10. The fourth-order valence-corrected chi connectivity index (χ4v) is 4.17. The van der Waals surface area contributed by atoms with Gasteiger partial charge in [0.15, 0.2) is 5.13 Å². The Kier molecular flexibility index (Phi) is 5.01. The summed E-state index contributed by atoms with van der Waals surface area (Å²) in [5.41, 5.74) is 8.81. The van der Waals surface area contributed by atoms with Crippen molar-refractivity contribution < 1.29 is 4.79 Å². The Labute approximate surface area is 149 Å². The van der Waals surface area contributed by atoms with Crippen LogP contribution in [0.5, 0.6) is 0 Å². The highest BCUT2D eigenvalue weighted by Crippen LogP contribution is 2.29. The van der Waals surface area contributed by atoms with E-state index in [1.54, 1.807) is 22.7 Å². The topological polar surface area (TPSA) is 72.9 Å².